The number of benzene rings is 3. The Kier molecular flexibility index (Phi) is 5.56. The summed E-state index contributed by atoms with van der Waals surface area (Å²) in [5.41, 5.74) is 3.28. The van der Waals surface area contributed by atoms with E-state index in [1.807, 2.05) is 79.7 Å². The van der Waals surface area contributed by atoms with Crippen LogP contribution in [0, 0.1) is 6.92 Å². The van der Waals surface area contributed by atoms with Crippen LogP contribution in [0.2, 0.25) is 0 Å². The number of nitrogens with zero attached hydrogens (tertiary/aromatic N) is 1. The molecule has 5 heteroatoms. The van der Waals surface area contributed by atoms with Crippen LogP contribution in [0.15, 0.2) is 89.5 Å². The predicted octanol–water partition coefficient (Wildman–Crippen LogP) is 7.96. The summed E-state index contributed by atoms with van der Waals surface area (Å²) >= 11 is 3.30. The van der Waals surface area contributed by atoms with E-state index in [9.17, 15) is 13.2 Å². The predicted molar refractivity (Wildman–Crippen MR) is 118 cm³/mol. The smallest absolute Gasteiger partial charge is 0.330 e. The zero-order valence-corrected chi connectivity index (χ0v) is 17.8. The molecule has 0 spiro atoms. The van der Waals surface area contributed by atoms with Crippen molar-refractivity contribution in [2.75, 3.05) is 0 Å². The van der Waals surface area contributed by atoms with Gasteiger partial charge in [-0.05, 0) is 39.5 Å². The maximum Gasteiger partial charge on any atom is 0.419 e. The topological polar surface area (TPSA) is 4.93 Å². The van der Waals surface area contributed by atoms with Crippen LogP contribution in [0.5, 0.6) is 0 Å². The van der Waals surface area contributed by atoms with Crippen LogP contribution in [0.4, 0.5) is 13.2 Å². The largest absolute Gasteiger partial charge is 0.419 e. The van der Waals surface area contributed by atoms with Crippen molar-refractivity contribution >= 4 is 15.9 Å². The van der Waals surface area contributed by atoms with Crippen LogP contribution in [-0.4, -0.2) is 4.57 Å². The van der Waals surface area contributed by atoms with Gasteiger partial charge in [-0.15, -0.1) is 0 Å². The van der Waals surface area contributed by atoms with E-state index in [1.165, 1.54) is 0 Å². The SMILES string of the molecule is Cc1ccc(-c2c(C(F)(F)F)c(Br)n(Cc3ccccc3)c2-c2ccccc2)cc1. The Morgan fingerprint density at radius 3 is 1.90 bits per heavy atom. The Bertz CT molecular complexity index is 1150. The lowest BCUT2D eigenvalue weighted by Crippen LogP contribution is -2.07. The first kappa shape index (κ1) is 20.5. The molecular formula is C25H19BrF3N. The van der Waals surface area contributed by atoms with Crippen molar-refractivity contribution in [3.8, 4) is 22.4 Å². The van der Waals surface area contributed by atoms with Gasteiger partial charge in [0.1, 0.15) is 0 Å². The molecule has 0 aliphatic rings. The molecule has 0 amide bonds. The summed E-state index contributed by atoms with van der Waals surface area (Å²) < 4.78 is 44.6. The summed E-state index contributed by atoms with van der Waals surface area (Å²) in [7, 11) is 0. The third-order valence-corrected chi connectivity index (χ3v) is 5.88. The molecular weight excluding hydrogens is 451 g/mol. The second-order valence-electron chi connectivity index (χ2n) is 7.19. The van der Waals surface area contributed by atoms with Crippen molar-refractivity contribution in [1.29, 1.82) is 0 Å². The summed E-state index contributed by atoms with van der Waals surface area (Å²) in [5, 5.41) is 0. The number of hydrogen-bond donors (Lipinski definition) is 0. The Labute approximate surface area is 181 Å². The van der Waals surface area contributed by atoms with Gasteiger partial charge in [0.05, 0.1) is 15.9 Å². The minimum atomic E-state index is -4.51. The first-order valence-electron chi connectivity index (χ1n) is 9.52. The zero-order valence-electron chi connectivity index (χ0n) is 16.2. The summed E-state index contributed by atoms with van der Waals surface area (Å²) in [6, 6.07) is 25.9. The number of aryl methyl sites for hydroxylation is 1. The molecule has 0 saturated heterocycles. The van der Waals surface area contributed by atoms with Gasteiger partial charge in [0, 0.05) is 12.1 Å². The van der Waals surface area contributed by atoms with Crippen LogP contribution < -0.4 is 0 Å². The molecule has 0 N–H and O–H groups in total. The van der Waals surface area contributed by atoms with Crippen molar-refractivity contribution in [1.82, 2.24) is 4.57 Å². The van der Waals surface area contributed by atoms with E-state index in [4.69, 9.17) is 0 Å². The molecule has 1 heterocycles. The third-order valence-electron chi connectivity index (χ3n) is 5.05. The fourth-order valence-corrected chi connectivity index (χ4v) is 4.39. The zero-order chi connectivity index (χ0) is 21.3. The summed E-state index contributed by atoms with van der Waals surface area (Å²) in [6.45, 7) is 2.24. The fourth-order valence-electron chi connectivity index (χ4n) is 3.66. The number of aromatic nitrogens is 1. The molecule has 0 bridgehead atoms. The van der Waals surface area contributed by atoms with E-state index in [0.717, 1.165) is 16.7 Å². The Morgan fingerprint density at radius 2 is 1.33 bits per heavy atom. The van der Waals surface area contributed by atoms with Crippen molar-refractivity contribution < 1.29 is 13.2 Å². The molecule has 0 unspecified atom stereocenters. The average molecular weight is 470 g/mol. The molecule has 0 aliphatic heterocycles. The van der Waals surface area contributed by atoms with Crippen molar-refractivity contribution in [3.63, 3.8) is 0 Å². The average Bonchev–Trinajstić information content (AvgIpc) is 3.02. The van der Waals surface area contributed by atoms with E-state index in [1.54, 1.807) is 16.7 Å². The molecule has 152 valence electrons. The highest BCUT2D eigenvalue weighted by molar-refractivity contribution is 9.10. The van der Waals surface area contributed by atoms with Gasteiger partial charge in [0.2, 0.25) is 0 Å². The number of rotatable bonds is 4. The highest BCUT2D eigenvalue weighted by Crippen LogP contribution is 2.48. The second-order valence-corrected chi connectivity index (χ2v) is 7.94. The van der Waals surface area contributed by atoms with E-state index in [-0.39, 0.29) is 10.2 Å². The normalized spacial score (nSPS) is 11.6. The second kappa shape index (κ2) is 8.15. The van der Waals surface area contributed by atoms with Crippen LogP contribution in [0.25, 0.3) is 22.4 Å². The van der Waals surface area contributed by atoms with Crippen molar-refractivity contribution in [2.45, 2.75) is 19.6 Å². The van der Waals surface area contributed by atoms with Gasteiger partial charge in [0.25, 0.3) is 0 Å². The van der Waals surface area contributed by atoms with Crippen LogP contribution in [0.1, 0.15) is 16.7 Å². The van der Waals surface area contributed by atoms with Gasteiger partial charge in [-0.2, -0.15) is 13.2 Å². The lowest BCUT2D eigenvalue weighted by atomic mass is 9.96. The molecule has 3 aromatic carbocycles. The quantitative estimate of drug-likeness (QED) is 0.285. The van der Waals surface area contributed by atoms with E-state index in [0.29, 0.717) is 17.8 Å². The molecule has 1 aromatic heterocycles. The van der Waals surface area contributed by atoms with Crippen molar-refractivity contribution in [2.24, 2.45) is 0 Å². The first-order chi connectivity index (χ1) is 14.4. The minimum absolute atomic E-state index is 0.0354. The van der Waals surface area contributed by atoms with Gasteiger partial charge in [-0.3, -0.25) is 0 Å². The van der Waals surface area contributed by atoms with Gasteiger partial charge in [-0.25, -0.2) is 0 Å². The van der Waals surface area contributed by atoms with Gasteiger partial charge < -0.3 is 4.57 Å². The molecule has 0 aliphatic carbocycles. The summed E-state index contributed by atoms with van der Waals surface area (Å²) in [4.78, 5) is 0. The molecule has 4 aromatic rings. The third kappa shape index (κ3) is 3.94. The van der Waals surface area contributed by atoms with E-state index in [2.05, 4.69) is 15.9 Å². The number of halogens is 4. The summed E-state index contributed by atoms with van der Waals surface area (Å²) in [5.74, 6) is 0. The molecule has 0 saturated carbocycles. The molecule has 1 nitrogen and oxygen atoms in total. The lowest BCUT2D eigenvalue weighted by Gasteiger charge is -2.14. The monoisotopic (exact) mass is 469 g/mol. The maximum atomic E-state index is 14.3. The van der Waals surface area contributed by atoms with Gasteiger partial charge in [0.15, 0.2) is 0 Å². The molecule has 4 rings (SSSR count). The maximum absolute atomic E-state index is 14.3. The Balaban J connectivity index is 2.06. The molecule has 0 atom stereocenters. The standard InChI is InChI=1S/C25H19BrF3N/c1-17-12-14-19(15-13-17)21-22(25(27,28)29)24(26)30(16-18-8-4-2-5-9-18)23(21)20-10-6-3-7-11-20/h2-15H,16H2,1H3. The van der Waals surface area contributed by atoms with Gasteiger partial charge >= 0.3 is 6.18 Å². The van der Waals surface area contributed by atoms with Crippen LogP contribution >= 0.6 is 15.9 Å². The molecule has 0 radical (unpaired) electrons. The summed E-state index contributed by atoms with van der Waals surface area (Å²) in [6.07, 6.45) is -4.51. The number of hydrogen-bond acceptors (Lipinski definition) is 0. The Morgan fingerprint density at radius 1 is 0.767 bits per heavy atom. The Hall–Kier alpha value is -2.79. The number of alkyl halides is 3. The minimum Gasteiger partial charge on any atom is -0.330 e. The van der Waals surface area contributed by atoms with Gasteiger partial charge in [-0.1, -0.05) is 90.5 Å². The van der Waals surface area contributed by atoms with E-state index >= 15 is 0 Å². The van der Waals surface area contributed by atoms with E-state index < -0.39 is 11.7 Å². The highest BCUT2D eigenvalue weighted by Gasteiger charge is 2.41. The van der Waals surface area contributed by atoms with Crippen molar-refractivity contribution in [3.05, 3.63) is 106 Å². The molecule has 0 fully saturated rings. The molecule has 30 heavy (non-hydrogen) atoms. The van der Waals surface area contributed by atoms with Crippen LogP contribution in [-0.2, 0) is 12.7 Å². The lowest BCUT2D eigenvalue weighted by molar-refractivity contribution is -0.137. The van der Waals surface area contributed by atoms with Crippen LogP contribution in [0.3, 0.4) is 0 Å². The first-order valence-corrected chi connectivity index (χ1v) is 10.3. The highest BCUT2D eigenvalue weighted by atomic mass is 79.9. The fraction of sp³-hybridized carbons (Fsp3) is 0.120.